The number of fused-ring (bicyclic) bond motifs is 13. The van der Waals surface area contributed by atoms with E-state index < -0.39 is 13.4 Å². The third kappa shape index (κ3) is 3.16. The van der Waals surface area contributed by atoms with Gasteiger partial charge in [0.1, 0.15) is 0 Å². The molecule has 7 heterocycles. The van der Waals surface area contributed by atoms with E-state index in [0.717, 1.165) is 121 Å². The maximum absolute atomic E-state index is 10.6. The van der Waals surface area contributed by atoms with Gasteiger partial charge in [-0.2, -0.15) is 31.6 Å². The van der Waals surface area contributed by atoms with Crippen molar-refractivity contribution in [3.63, 3.8) is 0 Å². The number of hydrogen-bond acceptors (Lipinski definition) is 6. The second-order valence-corrected chi connectivity index (χ2v) is 16.4. The molecule has 3 aromatic heterocycles. The number of nitriles is 6. The first-order chi connectivity index (χ1) is 29.4. The Morgan fingerprint density at radius 2 is 0.683 bits per heavy atom. The minimum Gasteiger partial charge on any atom is -0.311 e. The van der Waals surface area contributed by atoms with Crippen LogP contribution in [-0.4, -0.2) is 27.1 Å². The minimum atomic E-state index is -0.390. The van der Waals surface area contributed by atoms with Crippen molar-refractivity contribution < 1.29 is 0 Å². The molecule has 0 fully saturated rings. The lowest BCUT2D eigenvalue weighted by atomic mass is 9.29. The molecule has 0 saturated heterocycles. The number of aromatic nitrogens is 3. The van der Waals surface area contributed by atoms with Crippen LogP contribution in [0.25, 0.3) is 82.5 Å². The fourth-order valence-electron chi connectivity index (χ4n) is 11.9. The van der Waals surface area contributed by atoms with Crippen molar-refractivity contribution in [1.82, 2.24) is 13.7 Å². The summed E-state index contributed by atoms with van der Waals surface area (Å²) in [4.78, 5) is 0. The summed E-state index contributed by atoms with van der Waals surface area (Å²) >= 11 is 0. The summed E-state index contributed by atoms with van der Waals surface area (Å²) < 4.78 is 7.02. The molecule has 0 radical (unpaired) electrons. The fourth-order valence-corrected chi connectivity index (χ4v) is 11.9. The lowest BCUT2D eigenvalue weighted by molar-refractivity contribution is 1.08. The molecule has 264 valence electrons. The minimum absolute atomic E-state index is 0.390. The van der Waals surface area contributed by atoms with Gasteiger partial charge in [-0.15, -0.1) is 0 Å². The molecule has 0 saturated carbocycles. The van der Waals surface area contributed by atoms with Gasteiger partial charge in [0.2, 0.25) is 0 Å². The van der Waals surface area contributed by atoms with Gasteiger partial charge in [-0.25, -0.2) is 0 Å². The summed E-state index contributed by atoms with van der Waals surface area (Å²) in [6.07, 6.45) is 0. The van der Waals surface area contributed by atoms with E-state index in [0.29, 0.717) is 33.4 Å². The zero-order chi connectivity index (χ0) is 40.2. The molecule has 0 aliphatic carbocycles. The van der Waals surface area contributed by atoms with Gasteiger partial charge < -0.3 is 13.7 Å². The van der Waals surface area contributed by atoms with Crippen LogP contribution in [-0.2, 0) is 0 Å². The molecule has 10 aromatic rings. The van der Waals surface area contributed by atoms with Gasteiger partial charge in [-0.05, 0) is 130 Å². The van der Waals surface area contributed by atoms with Crippen LogP contribution in [0.4, 0.5) is 0 Å². The predicted octanol–water partition coefficient (Wildman–Crippen LogP) is 4.80. The SMILES string of the molecule is Cc1c2c3c4c5c1-n1c6ccc(C#N)cc6c6cc(C#N)cc(c61)B5c1cc(C#N)cc5c6cc(C#N)cc(c6n-4c15)B3c1cc(C#N)cc3c4cc(C#N)ccc4n-2c13. The summed E-state index contributed by atoms with van der Waals surface area (Å²) in [6.45, 7) is 1.39. The molecule has 60 heavy (non-hydrogen) atoms. The third-order valence-corrected chi connectivity index (χ3v) is 13.8. The Hall–Kier alpha value is -8.99. The van der Waals surface area contributed by atoms with E-state index in [2.05, 4.69) is 57.0 Å². The summed E-state index contributed by atoms with van der Waals surface area (Å²) in [7, 11) is 0. The van der Waals surface area contributed by atoms with Gasteiger partial charge in [0.05, 0.1) is 80.8 Å². The van der Waals surface area contributed by atoms with E-state index in [1.54, 1.807) is 0 Å². The molecule has 0 spiro atoms. The van der Waals surface area contributed by atoms with E-state index in [4.69, 9.17) is 0 Å². The first-order valence-electron chi connectivity index (χ1n) is 19.4. The molecular weight excluding hydrogens is 736 g/mol. The maximum atomic E-state index is 10.6. The van der Waals surface area contributed by atoms with Crippen LogP contribution in [0.15, 0.2) is 84.9 Å². The van der Waals surface area contributed by atoms with Crippen molar-refractivity contribution in [1.29, 1.82) is 31.6 Å². The van der Waals surface area contributed by atoms with Gasteiger partial charge in [-0.1, -0.05) is 0 Å². The van der Waals surface area contributed by atoms with Crippen molar-refractivity contribution in [3.05, 3.63) is 124 Å². The Morgan fingerprint density at radius 1 is 0.367 bits per heavy atom. The van der Waals surface area contributed by atoms with Crippen molar-refractivity contribution in [2.75, 3.05) is 0 Å². The first kappa shape index (κ1) is 31.1. The Balaban J connectivity index is 1.32. The quantitative estimate of drug-likeness (QED) is 0.203. The van der Waals surface area contributed by atoms with E-state index in [1.165, 1.54) is 0 Å². The highest BCUT2D eigenvalue weighted by Gasteiger charge is 2.50. The zero-order valence-electron chi connectivity index (χ0n) is 31.3. The second-order valence-electron chi connectivity index (χ2n) is 16.4. The lowest BCUT2D eigenvalue weighted by Gasteiger charge is -2.42. The third-order valence-electron chi connectivity index (χ3n) is 13.8. The monoisotopic (exact) mass is 753 g/mol. The van der Waals surface area contributed by atoms with Crippen LogP contribution in [0.2, 0.25) is 0 Å². The molecule has 14 rings (SSSR count). The summed E-state index contributed by atoms with van der Waals surface area (Å²) in [5.41, 5.74) is 18.6. The molecule has 0 unspecified atom stereocenters. The van der Waals surface area contributed by atoms with Crippen molar-refractivity contribution in [3.8, 4) is 53.5 Å². The summed E-state index contributed by atoms with van der Waals surface area (Å²) in [6, 6.07) is 41.6. The van der Waals surface area contributed by atoms with Crippen molar-refractivity contribution in [2.24, 2.45) is 0 Å². The maximum Gasteiger partial charge on any atom is 0.252 e. The second kappa shape index (κ2) is 9.93. The van der Waals surface area contributed by atoms with Crippen LogP contribution in [0, 0.1) is 74.9 Å². The van der Waals surface area contributed by atoms with E-state index in [-0.39, 0.29) is 0 Å². The average molecular weight is 753 g/mol. The van der Waals surface area contributed by atoms with Gasteiger partial charge >= 0.3 is 0 Å². The smallest absolute Gasteiger partial charge is 0.252 e. The standard InChI is InChI=1S/C49H17B2N9/c1-22-43-41-49-42-44(22)59-40-5-3-24(17-53)7-30(40)32-9-26(19-55)13-36(46(32)59)51(42)38-15-28(21-57)11-34-33-10-27(20-56)14-37(47(33)60(49)48(34)38)50(41)35-12-25(18-54)8-31-29-6-23(16-52)2-4-39(29)58(43)45(31)35/h2-15H,1H3. The van der Waals surface area contributed by atoms with Crippen LogP contribution in [0.3, 0.4) is 0 Å². The largest absolute Gasteiger partial charge is 0.311 e. The number of nitrogens with zero attached hydrogens (tertiary/aromatic N) is 9. The number of hydrogen-bond donors (Lipinski definition) is 0. The average Bonchev–Trinajstić information content (AvgIpc) is 3.92. The van der Waals surface area contributed by atoms with E-state index in [1.807, 2.05) is 84.9 Å². The van der Waals surface area contributed by atoms with E-state index in [9.17, 15) is 31.6 Å². The van der Waals surface area contributed by atoms with Crippen LogP contribution < -0.4 is 32.8 Å². The summed E-state index contributed by atoms with van der Waals surface area (Å²) in [5.74, 6) is 0. The normalized spacial score (nSPS) is 12.9. The van der Waals surface area contributed by atoms with Gasteiger partial charge in [0.15, 0.2) is 0 Å². The molecule has 4 aliphatic heterocycles. The van der Waals surface area contributed by atoms with Crippen LogP contribution >= 0.6 is 0 Å². The van der Waals surface area contributed by atoms with Crippen LogP contribution in [0.5, 0.6) is 0 Å². The molecule has 7 aromatic carbocycles. The number of benzene rings is 7. The van der Waals surface area contributed by atoms with Crippen molar-refractivity contribution in [2.45, 2.75) is 6.92 Å². The van der Waals surface area contributed by atoms with Gasteiger partial charge in [-0.3, -0.25) is 0 Å². The zero-order valence-corrected chi connectivity index (χ0v) is 31.3. The highest BCUT2D eigenvalue weighted by molar-refractivity contribution is 7.04. The highest BCUT2D eigenvalue weighted by atomic mass is 15.1. The molecule has 11 heteroatoms. The first-order valence-corrected chi connectivity index (χ1v) is 19.4. The molecule has 9 nitrogen and oxygen atoms in total. The Kier molecular flexibility index (Phi) is 5.15. The molecule has 0 bridgehead atoms. The fraction of sp³-hybridized carbons (Fsp3) is 0.0204. The van der Waals surface area contributed by atoms with Crippen LogP contribution in [0.1, 0.15) is 38.9 Å². The highest BCUT2D eigenvalue weighted by Crippen LogP contribution is 2.45. The Bertz CT molecular complexity index is 3960. The number of rotatable bonds is 0. The van der Waals surface area contributed by atoms with Crippen molar-refractivity contribution >= 4 is 112 Å². The molecule has 0 amide bonds. The summed E-state index contributed by atoms with van der Waals surface area (Å²) in [5, 5.41) is 67.7. The lowest BCUT2D eigenvalue weighted by Crippen LogP contribution is -2.67. The molecule has 0 N–H and O–H groups in total. The van der Waals surface area contributed by atoms with Gasteiger partial charge in [0, 0.05) is 71.4 Å². The molecule has 0 atom stereocenters. The predicted molar refractivity (Wildman–Crippen MR) is 232 cm³/mol. The van der Waals surface area contributed by atoms with E-state index >= 15 is 0 Å². The molecule has 4 aliphatic rings. The topological polar surface area (TPSA) is 158 Å². The molecular formula is C49H17B2N9. The Labute approximate surface area is 339 Å². The van der Waals surface area contributed by atoms with Gasteiger partial charge in [0.25, 0.3) is 13.4 Å². The Morgan fingerprint density at radius 3 is 1.03 bits per heavy atom.